The van der Waals surface area contributed by atoms with E-state index in [2.05, 4.69) is 0 Å². The van der Waals surface area contributed by atoms with Crippen LogP contribution in [0.2, 0.25) is 0 Å². The highest BCUT2D eigenvalue weighted by atomic mass is 19.1. The minimum atomic E-state index is -1.09. The molecule has 1 amide bonds. The Morgan fingerprint density at radius 3 is 2.68 bits per heavy atom. The fourth-order valence-electron chi connectivity index (χ4n) is 3.50. The van der Waals surface area contributed by atoms with Crippen molar-refractivity contribution in [3.63, 3.8) is 0 Å². The summed E-state index contributed by atoms with van der Waals surface area (Å²) in [5.74, 6) is -1.72. The second-order valence-corrected chi connectivity index (χ2v) is 6.71. The molecule has 3 aromatic rings. The Labute approximate surface area is 160 Å². The van der Waals surface area contributed by atoms with Crippen LogP contribution in [0.3, 0.4) is 0 Å². The van der Waals surface area contributed by atoms with Gasteiger partial charge in [0.2, 0.25) is 0 Å². The Balaban J connectivity index is 1.73. The topological polar surface area (TPSA) is 71.8 Å². The molecule has 1 aliphatic heterocycles. The van der Waals surface area contributed by atoms with Gasteiger partial charge < -0.3 is 19.3 Å². The first-order valence-corrected chi connectivity index (χ1v) is 9.00. The predicted octanol–water partition coefficient (Wildman–Crippen LogP) is 2.75. The quantitative estimate of drug-likeness (QED) is 0.753. The molecule has 0 unspecified atom stereocenters. The van der Waals surface area contributed by atoms with E-state index in [4.69, 9.17) is 4.74 Å². The Hall–Kier alpha value is -3.19. The van der Waals surface area contributed by atoms with E-state index in [1.807, 2.05) is 24.3 Å². The SMILES string of the molecule is O=C(O)[C@H]1CN(C(=O)c2cc3ccccc3n2Cc2ccccc2F)CCO1. The number of morpholine rings is 1. The van der Waals surface area contributed by atoms with Crippen molar-refractivity contribution < 1.29 is 23.8 Å². The largest absolute Gasteiger partial charge is 0.479 e. The van der Waals surface area contributed by atoms with Crippen molar-refractivity contribution in [3.8, 4) is 0 Å². The second-order valence-electron chi connectivity index (χ2n) is 6.71. The van der Waals surface area contributed by atoms with Gasteiger partial charge in [-0.15, -0.1) is 0 Å². The van der Waals surface area contributed by atoms with Crippen molar-refractivity contribution >= 4 is 22.8 Å². The average molecular weight is 382 g/mol. The third-order valence-corrected chi connectivity index (χ3v) is 4.95. The third kappa shape index (κ3) is 3.36. The number of carbonyl (C=O) groups excluding carboxylic acids is 1. The van der Waals surface area contributed by atoms with Gasteiger partial charge in [-0.05, 0) is 18.2 Å². The van der Waals surface area contributed by atoms with Crippen LogP contribution in [0.1, 0.15) is 16.1 Å². The van der Waals surface area contributed by atoms with Gasteiger partial charge in [-0.3, -0.25) is 4.79 Å². The van der Waals surface area contributed by atoms with E-state index in [0.717, 1.165) is 10.9 Å². The number of para-hydroxylation sites is 1. The molecular formula is C21H19FN2O4. The van der Waals surface area contributed by atoms with Gasteiger partial charge in [0.1, 0.15) is 11.5 Å². The normalized spacial score (nSPS) is 17.0. The minimum Gasteiger partial charge on any atom is -0.479 e. The molecule has 6 nitrogen and oxygen atoms in total. The van der Waals surface area contributed by atoms with Gasteiger partial charge in [0.15, 0.2) is 6.10 Å². The number of carboxylic acid groups (broad SMARTS) is 1. The number of ether oxygens (including phenoxy) is 1. The van der Waals surface area contributed by atoms with Crippen LogP contribution >= 0.6 is 0 Å². The summed E-state index contributed by atoms with van der Waals surface area (Å²) < 4.78 is 21.2. The highest BCUT2D eigenvalue weighted by Crippen LogP contribution is 2.24. The third-order valence-electron chi connectivity index (χ3n) is 4.95. The molecule has 2 heterocycles. The molecule has 1 aromatic heterocycles. The van der Waals surface area contributed by atoms with E-state index >= 15 is 0 Å². The summed E-state index contributed by atoms with van der Waals surface area (Å²) >= 11 is 0. The molecule has 1 saturated heterocycles. The van der Waals surface area contributed by atoms with Crippen LogP contribution in [0.5, 0.6) is 0 Å². The van der Waals surface area contributed by atoms with Gasteiger partial charge in [-0.1, -0.05) is 36.4 Å². The number of fused-ring (bicyclic) bond motifs is 1. The minimum absolute atomic E-state index is 0.0185. The van der Waals surface area contributed by atoms with Crippen molar-refractivity contribution in [3.05, 3.63) is 71.7 Å². The van der Waals surface area contributed by atoms with E-state index in [1.165, 1.54) is 11.0 Å². The summed E-state index contributed by atoms with van der Waals surface area (Å²) in [4.78, 5) is 25.9. The highest BCUT2D eigenvalue weighted by Gasteiger charge is 2.31. The number of carboxylic acids is 1. The smallest absolute Gasteiger partial charge is 0.334 e. The molecule has 1 N–H and O–H groups in total. The summed E-state index contributed by atoms with van der Waals surface area (Å²) in [6.07, 6.45) is -1.04. The number of benzene rings is 2. The molecule has 7 heteroatoms. The molecule has 0 bridgehead atoms. The van der Waals surface area contributed by atoms with Crippen LogP contribution in [0.25, 0.3) is 10.9 Å². The maximum absolute atomic E-state index is 14.2. The lowest BCUT2D eigenvalue weighted by molar-refractivity contribution is -0.154. The number of amides is 1. The van der Waals surface area contributed by atoms with Gasteiger partial charge in [0, 0.05) is 23.0 Å². The molecule has 1 fully saturated rings. The molecular weight excluding hydrogens is 363 g/mol. The van der Waals surface area contributed by atoms with E-state index in [0.29, 0.717) is 17.8 Å². The molecule has 0 saturated carbocycles. The maximum Gasteiger partial charge on any atom is 0.334 e. The zero-order chi connectivity index (χ0) is 19.7. The maximum atomic E-state index is 14.2. The molecule has 0 radical (unpaired) electrons. The van der Waals surface area contributed by atoms with Crippen LogP contribution in [-0.2, 0) is 16.1 Å². The van der Waals surface area contributed by atoms with E-state index < -0.39 is 12.1 Å². The molecule has 0 spiro atoms. The van der Waals surface area contributed by atoms with Crippen LogP contribution < -0.4 is 0 Å². The van der Waals surface area contributed by atoms with E-state index in [1.54, 1.807) is 28.8 Å². The number of rotatable bonds is 4. The summed E-state index contributed by atoms with van der Waals surface area (Å²) in [5.41, 5.74) is 1.69. The predicted molar refractivity (Wildman–Crippen MR) is 101 cm³/mol. The number of hydrogen-bond donors (Lipinski definition) is 1. The van der Waals surface area contributed by atoms with Gasteiger partial charge in [0.25, 0.3) is 5.91 Å². The fraction of sp³-hybridized carbons (Fsp3) is 0.238. The van der Waals surface area contributed by atoms with Crippen LogP contribution in [0, 0.1) is 5.82 Å². The van der Waals surface area contributed by atoms with Crippen LogP contribution in [0.4, 0.5) is 4.39 Å². The highest BCUT2D eigenvalue weighted by molar-refractivity contribution is 5.99. The molecule has 4 rings (SSSR count). The first-order valence-electron chi connectivity index (χ1n) is 9.00. The van der Waals surface area contributed by atoms with Crippen molar-refractivity contribution in [2.45, 2.75) is 12.6 Å². The molecule has 0 aliphatic carbocycles. The zero-order valence-corrected chi connectivity index (χ0v) is 15.0. The number of aromatic nitrogens is 1. The Bertz CT molecular complexity index is 1050. The van der Waals surface area contributed by atoms with Gasteiger partial charge in [-0.2, -0.15) is 0 Å². The standard InChI is InChI=1S/C21H19FN2O4/c22-16-7-3-1-6-15(16)12-24-17-8-4-2-5-14(17)11-18(24)20(25)23-9-10-28-19(13-23)21(26)27/h1-8,11,19H,9-10,12-13H2,(H,26,27)/t19-/m1/s1. The monoisotopic (exact) mass is 382 g/mol. The summed E-state index contributed by atoms with van der Waals surface area (Å²) in [6.45, 7) is 0.656. The van der Waals surface area contributed by atoms with Gasteiger partial charge in [-0.25, -0.2) is 9.18 Å². The first kappa shape index (κ1) is 18.2. The van der Waals surface area contributed by atoms with Crippen LogP contribution in [0.15, 0.2) is 54.6 Å². The lowest BCUT2D eigenvalue weighted by Gasteiger charge is -2.31. The Kier molecular flexibility index (Phi) is 4.83. The average Bonchev–Trinajstić information content (AvgIpc) is 3.08. The first-order chi connectivity index (χ1) is 13.5. The zero-order valence-electron chi connectivity index (χ0n) is 15.0. The summed E-state index contributed by atoms with van der Waals surface area (Å²) in [5, 5.41) is 10.1. The number of hydrogen-bond acceptors (Lipinski definition) is 3. The molecule has 144 valence electrons. The molecule has 1 atom stereocenters. The van der Waals surface area contributed by atoms with E-state index in [-0.39, 0.29) is 31.4 Å². The van der Waals surface area contributed by atoms with Crippen molar-refractivity contribution in [2.24, 2.45) is 0 Å². The number of halogens is 1. The number of carbonyl (C=O) groups is 2. The second kappa shape index (κ2) is 7.44. The molecule has 28 heavy (non-hydrogen) atoms. The summed E-state index contributed by atoms with van der Waals surface area (Å²) in [7, 11) is 0. The Morgan fingerprint density at radius 2 is 1.89 bits per heavy atom. The lowest BCUT2D eigenvalue weighted by Crippen LogP contribution is -2.48. The molecule has 1 aliphatic rings. The van der Waals surface area contributed by atoms with E-state index in [9.17, 15) is 19.1 Å². The van der Waals surface area contributed by atoms with Gasteiger partial charge in [0.05, 0.1) is 19.7 Å². The molecule has 2 aromatic carbocycles. The van der Waals surface area contributed by atoms with Gasteiger partial charge >= 0.3 is 5.97 Å². The lowest BCUT2D eigenvalue weighted by atomic mass is 10.2. The van der Waals surface area contributed by atoms with Crippen molar-refractivity contribution in [2.75, 3.05) is 19.7 Å². The van der Waals surface area contributed by atoms with Crippen molar-refractivity contribution in [1.82, 2.24) is 9.47 Å². The fourth-order valence-corrected chi connectivity index (χ4v) is 3.50. The summed E-state index contributed by atoms with van der Waals surface area (Å²) in [6, 6.07) is 15.7. The number of nitrogens with zero attached hydrogens (tertiary/aromatic N) is 2. The number of aliphatic carboxylic acids is 1. The Morgan fingerprint density at radius 1 is 1.14 bits per heavy atom. The van der Waals surface area contributed by atoms with Crippen LogP contribution in [-0.4, -0.2) is 52.3 Å². The van der Waals surface area contributed by atoms with Crippen molar-refractivity contribution in [1.29, 1.82) is 0 Å².